The first-order valence-corrected chi connectivity index (χ1v) is 6.29. The molecule has 110 valence electrons. The van der Waals surface area contributed by atoms with E-state index in [1.807, 2.05) is 0 Å². The Labute approximate surface area is 113 Å². The molecule has 0 aliphatic carbocycles. The van der Waals surface area contributed by atoms with Crippen LogP contribution >= 0.6 is 0 Å². The molecular weight excluding hydrogens is 274 g/mol. The van der Waals surface area contributed by atoms with Crippen molar-refractivity contribution in [2.45, 2.75) is 19.5 Å². The summed E-state index contributed by atoms with van der Waals surface area (Å²) < 4.78 is 50.2. The first-order valence-electron chi connectivity index (χ1n) is 6.29. The number of aromatic amines is 1. The minimum Gasteiger partial charge on any atom is -0.346 e. The predicted octanol–water partition coefficient (Wildman–Crippen LogP) is 3.13. The summed E-state index contributed by atoms with van der Waals surface area (Å²) in [5, 5.41) is 0.619. The number of H-pyrrole nitrogens is 1. The summed E-state index contributed by atoms with van der Waals surface area (Å²) >= 11 is 0. The van der Waals surface area contributed by atoms with Gasteiger partial charge in [-0.15, -0.1) is 0 Å². The molecule has 20 heavy (non-hydrogen) atoms. The van der Waals surface area contributed by atoms with Crippen LogP contribution in [0.3, 0.4) is 0 Å². The van der Waals surface area contributed by atoms with E-state index in [4.69, 9.17) is 0 Å². The molecule has 0 bridgehead atoms. The van der Waals surface area contributed by atoms with Crippen LogP contribution in [-0.4, -0.2) is 40.7 Å². The van der Waals surface area contributed by atoms with Crippen molar-refractivity contribution >= 4 is 11.0 Å². The number of aromatic nitrogens is 2. The first-order chi connectivity index (χ1) is 9.39. The lowest BCUT2D eigenvalue weighted by molar-refractivity contribution is -0.145. The van der Waals surface area contributed by atoms with Gasteiger partial charge in [-0.05, 0) is 24.6 Å². The molecule has 1 N–H and O–H groups in total. The molecule has 0 radical (unpaired) electrons. The van der Waals surface area contributed by atoms with E-state index in [1.54, 1.807) is 13.1 Å². The van der Waals surface area contributed by atoms with E-state index in [0.29, 0.717) is 24.0 Å². The van der Waals surface area contributed by atoms with Gasteiger partial charge >= 0.3 is 6.18 Å². The molecule has 0 spiro atoms. The number of pyridine rings is 1. The molecule has 3 nitrogen and oxygen atoms in total. The molecule has 0 aromatic carbocycles. The molecular formula is C13H15F4N3. The quantitative estimate of drug-likeness (QED) is 0.858. The van der Waals surface area contributed by atoms with Crippen molar-refractivity contribution in [2.75, 3.05) is 19.6 Å². The van der Waals surface area contributed by atoms with Gasteiger partial charge in [-0.1, -0.05) is 6.92 Å². The topological polar surface area (TPSA) is 31.9 Å². The third-order valence-electron chi connectivity index (χ3n) is 3.13. The Bertz CT molecular complexity index is 576. The molecule has 0 saturated heterocycles. The van der Waals surface area contributed by atoms with Gasteiger partial charge in [0.15, 0.2) is 0 Å². The van der Waals surface area contributed by atoms with Crippen LogP contribution in [0.2, 0.25) is 0 Å². The zero-order chi connectivity index (χ0) is 14.8. The summed E-state index contributed by atoms with van der Waals surface area (Å²) in [6.07, 6.45) is -1.03. The van der Waals surface area contributed by atoms with E-state index < -0.39 is 18.5 Å². The lowest BCUT2D eigenvalue weighted by atomic mass is 10.1. The van der Waals surface area contributed by atoms with E-state index in [1.165, 1.54) is 11.0 Å². The van der Waals surface area contributed by atoms with Crippen LogP contribution in [-0.2, 0) is 6.42 Å². The van der Waals surface area contributed by atoms with Gasteiger partial charge < -0.3 is 4.98 Å². The first kappa shape index (κ1) is 14.8. The summed E-state index contributed by atoms with van der Waals surface area (Å²) in [5.41, 5.74) is 1.31. The fourth-order valence-electron chi connectivity index (χ4n) is 2.12. The lowest BCUT2D eigenvalue weighted by Gasteiger charge is -2.21. The van der Waals surface area contributed by atoms with Crippen LogP contribution in [0.4, 0.5) is 17.6 Å². The second-order valence-electron chi connectivity index (χ2n) is 4.60. The summed E-state index contributed by atoms with van der Waals surface area (Å²) in [4.78, 5) is 8.08. The van der Waals surface area contributed by atoms with Crippen molar-refractivity contribution in [1.82, 2.24) is 14.9 Å². The zero-order valence-corrected chi connectivity index (χ0v) is 11.0. The van der Waals surface area contributed by atoms with Gasteiger partial charge in [0, 0.05) is 18.1 Å². The van der Waals surface area contributed by atoms with Gasteiger partial charge in [-0.3, -0.25) is 4.90 Å². The largest absolute Gasteiger partial charge is 0.401 e. The minimum absolute atomic E-state index is 0.263. The van der Waals surface area contributed by atoms with Crippen molar-refractivity contribution < 1.29 is 17.6 Å². The number of rotatable bonds is 5. The highest BCUT2D eigenvalue weighted by Gasteiger charge is 2.29. The third-order valence-corrected chi connectivity index (χ3v) is 3.13. The van der Waals surface area contributed by atoms with E-state index in [9.17, 15) is 17.6 Å². The van der Waals surface area contributed by atoms with Gasteiger partial charge in [-0.2, -0.15) is 13.2 Å². The van der Waals surface area contributed by atoms with E-state index in [0.717, 1.165) is 11.8 Å². The molecule has 0 saturated carbocycles. The highest BCUT2D eigenvalue weighted by atomic mass is 19.4. The summed E-state index contributed by atoms with van der Waals surface area (Å²) in [7, 11) is 0. The molecule has 0 atom stereocenters. The predicted molar refractivity (Wildman–Crippen MR) is 67.9 cm³/mol. The molecule has 0 fully saturated rings. The van der Waals surface area contributed by atoms with Crippen LogP contribution < -0.4 is 0 Å². The molecule has 0 aliphatic rings. The van der Waals surface area contributed by atoms with E-state index >= 15 is 0 Å². The van der Waals surface area contributed by atoms with Crippen LogP contribution in [0.25, 0.3) is 11.0 Å². The minimum atomic E-state index is -4.20. The van der Waals surface area contributed by atoms with E-state index in [-0.39, 0.29) is 6.54 Å². The number of fused-ring (bicyclic) bond motifs is 1. The Hall–Kier alpha value is -1.63. The maximum Gasteiger partial charge on any atom is 0.401 e. The standard InChI is InChI=1S/C13H15F4N3/c1-2-20(8-13(15,16)17)4-3-9-6-18-12-11(9)5-10(14)7-19-12/h5-7H,2-4,8H2,1H3,(H,18,19). The van der Waals surface area contributed by atoms with Crippen LogP contribution in [0, 0.1) is 5.82 Å². The Kier molecular flexibility index (Phi) is 4.27. The average molecular weight is 289 g/mol. The maximum absolute atomic E-state index is 13.1. The smallest absolute Gasteiger partial charge is 0.346 e. The van der Waals surface area contributed by atoms with Crippen LogP contribution in [0.1, 0.15) is 12.5 Å². The molecule has 2 rings (SSSR count). The number of likely N-dealkylation sites (N-methyl/N-ethyl adjacent to an activating group) is 1. The number of hydrogen-bond acceptors (Lipinski definition) is 2. The van der Waals surface area contributed by atoms with Gasteiger partial charge in [0.25, 0.3) is 0 Å². The third kappa shape index (κ3) is 3.69. The van der Waals surface area contributed by atoms with Gasteiger partial charge in [0.1, 0.15) is 11.5 Å². The number of alkyl halides is 3. The fraction of sp³-hybridized carbons (Fsp3) is 0.462. The SMILES string of the molecule is CCN(CCc1c[nH]c2ncc(F)cc12)CC(F)(F)F. The molecule has 0 amide bonds. The van der Waals surface area contributed by atoms with Crippen molar-refractivity contribution in [2.24, 2.45) is 0 Å². The second-order valence-corrected chi connectivity index (χ2v) is 4.60. The highest BCUT2D eigenvalue weighted by molar-refractivity contribution is 5.79. The fourth-order valence-corrected chi connectivity index (χ4v) is 2.12. The lowest BCUT2D eigenvalue weighted by Crippen LogP contribution is -2.35. The van der Waals surface area contributed by atoms with Crippen molar-refractivity contribution in [3.8, 4) is 0 Å². The van der Waals surface area contributed by atoms with Crippen LogP contribution in [0.15, 0.2) is 18.5 Å². The Balaban J connectivity index is 2.06. The van der Waals surface area contributed by atoms with E-state index in [2.05, 4.69) is 9.97 Å². The van der Waals surface area contributed by atoms with Crippen molar-refractivity contribution in [3.05, 3.63) is 29.8 Å². The number of halogens is 4. The average Bonchev–Trinajstić information content (AvgIpc) is 2.75. The Morgan fingerprint density at radius 3 is 2.75 bits per heavy atom. The molecule has 2 heterocycles. The normalized spacial score (nSPS) is 12.5. The van der Waals surface area contributed by atoms with Gasteiger partial charge in [-0.25, -0.2) is 9.37 Å². The summed E-state index contributed by atoms with van der Waals surface area (Å²) in [5.74, 6) is -0.457. The molecule has 2 aromatic heterocycles. The van der Waals surface area contributed by atoms with Crippen molar-refractivity contribution in [1.29, 1.82) is 0 Å². The summed E-state index contributed by atoms with van der Waals surface area (Å²) in [6.45, 7) is 1.33. The molecule has 7 heteroatoms. The highest BCUT2D eigenvalue weighted by Crippen LogP contribution is 2.20. The molecule has 2 aromatic rings. The number of nitrogens with zero attached hydrogens (tertiary/aromatic N) is 2. The molecule has 0 aliphatic heterocycles. The Morgan fingerprint density at radius 1 is 1.35 bits per heavy atom. The summed E-state index contributed by atoms with van der Waals surface area (Å²) in [6, 6.07) is 1.34. The number of nitrogens with one attached hydrogen (secondary N) is 1. The zero-order valence-electron chi connectivity index (χ0n) is 11.0. The second kappa shape index (κ2) is 5.78. The molecule has 0 unspecified atom stereocenters. The van der Waals surface area contributed by atoms with Gasteiger partial charge in [0.2, 0.25) is 0 Å². The van der Waals surface area contributed by atoms with Crippen molar-refractivity contribution in [3.63, 3.8) is 0 Å². The maximum atomic E-state index is 13.1. The number of hydrogen-bond donors (Lipinski definition) is 1. The van der Waals surface area contributed by atoms with Gasteiger partial charge in [0.05, 0.1) is 12.7 Å². The van der Waals surface area contributed by atoms with Crippen LogP contribution in [0.5, 0.6) is 0 Å². The Morgan fingerprint density at radius 2 is 2.10 bits per heavy atom. The monoisotopic (exact) mass is 289 g/mol.